The van der Waals surface area contributed by atoms with Gasteiger partial charge in [-0.2, -0.15) is 5.26 Å². The molecule has 0 atom stereocenters. The summed E-state index contributed by atoms with van der Waals surface area (Å²) < 4.78 is 1.86. The van der Waals surface area contributed by atoms with E-state index in [1.54, 1.807) is 12.5 Å². The topological polar surface area (TPSA) is 41.6 Å². The summed E-state index contributed by atoms with van der Waals surface area (Å²) in [6.07, 6.45) is 3.37. The van der Waals surface area contributed by atoms with Gasteiger partial charge in [-0.25, -0.2) is 4.98 Å². The van der Waals surface area contributed by atoms with Gasteiger partial charge in [-0.15, -0.1) is 0 Å². The molecule has 0 spiro atoms. The minimum atomic E-state index is 0.483. The molecule has 1 heterocycles. The number of hydrogen-bond acceptors (Lipinski definition) is 2. The van der Waals surface area contributed by atoms with Crippen molar-refractivity contribution in [3.05, 3.63) is 18.2 Å². The van der Waals surface area contributed by atoms with Crippen LogP contribution in [0.1, 0.15) is 12.6 Å². The van der Waals surface area contributed by atoms with Crippen molar-refractivity contribution < 1.29 is 0 Å². The average Bonchev–Trinajstić information content (AvgIpc) is 2.34. The molecule has 0 aliphatic carbocycles. The molecule has 1 aromatic heterocycles. The first-order valence-electron chi connectivity index (χ1n) is 2.78. The van der Waals surface area contributed by atoms with Crippen LogP contribution in [-0.4, -0.2) is 9.55 Å². The number of aryl methyl sites for hydroxylation is 1. The van der Waals surface area contributed by atoms with Crippen LogP contribution in [0.15, 0.2) is 12.5 Å². The second kappa shape index (κ2) is 2.31. The Morgan fingerprint density at radius 3 is 3.00 bits per heavy atom. The maximum atomic E-state index is 8.32. The number of rotatable bonds is 1. The Hall–Kier alpha value is -1.30. The molecular formula is C6H7N3. The molecule has 0 aliphatic rings. The predicted molar refractivity (Wildman–Crippen MR) is 32.6 cm³/mol. The van der Waals surface area contributed by atoms with Gasteiger partial charge in [-0.1, -0.05) is 0 Å². The zero-order chi connectivity index (χ0) is 6.69. The van der Waals surface area contributed by atoms with Crippen LogP contribution in [0.3, 0.4) is 0 Å². The summed E-state index contributed by atoms with van der Waals surface area (Å²) in [6, 6.07) is 1.95. The molecule has 0 amide bonds. The van der Waals surface area contributed by atoms with Crippen LogP contribution in [-0.2, 0) is 6.54 Å². The first-order valence-corrected chi connectivity index (χ1v) is 2.78. The zero-order valence-corrected chi connectivity index (χ0v) is 5.20. The van der Waals surface area contributed by atoms with Crippen LogP contribution in [0.4, 0.5) is 0 Å². The van der Waals surface area contributed by atoms with Gasteiger partial charge in [0, 0.05) is 12.7 Å². The van der Waals surface area contributed by atoms with E-state index in [4.69, 9.17) is 5.26 Å². The van der Waals surface area contributed by atoms with E-state index in [-0.39, 0.29) is 0 Å². The predicted octanol–water partition coefficient (Wildman–Crippen LogP) is 0.775. The van der Waals surface area contributed by atoms with Crippen molar-refractivity contribution in [3.8, 4) is 6.07 Å². The Morgan fingerprint density at radius 2 is 2.67 bits per heavy atom. The molecule has 0 N–H and O–H groups in total. The van der Waals surface area contributed by atoms with E-state index in [1.807, 2.05) is 17.6 Å². The Bertz CT molecular complexity index is 231. The quantitative estimate of drug-likeness (QED) is 0.550. The Labute approximate surface area is 53.6 Å². The molecule has 3 nitrogen and oxygen atoms in total. The maximum Gasteiger partial charge on any atom is 0.158 e. The van der Waals surface area contributed by atoms with E-state index >= 15 is 0 Å². The number of imidazole rings is 1. The summed E-state index contributed by atoms with van der Waals surface area (Å²) in [5.41, 5.74) is 0.483. The van der Waals surface area contributed by atoms with Crippen molar-refractivity contribution in [3.63, 3.8) is 0 Å². The van der Waals surface area contributed by atoms with Crippen LogP contribution in [0.25, 0.3) is 0 Å². The van der Waals surface area contributed by atoms with Gasteiger partial charge in [0.2, 0.25) is 0 Å². The van der Waals surface area contributed by atoms with Crippen molar-refractivity contribution in [1.82, 2.24) is 9.55 Å². The molecule has 3 heteroatoms. The van der Waals surface area contributed by atoms with E-state index in [0.29, 0.717) is 5.69 Å². The SMILES string of the molecule is CCn1cnc(C#N)c1. The summed E-state index contributed by atoms with van der Waals surface area (Å²) in [5.74, 6) is 0. The summed E-state index contributed by atoms with van der Waals surface area (Å²) in [4.78, 5) is 3.81. The molecule has 0 saturated heterocycles. The maximum absolute atomic E-state index is 8.32. The monoisotopic (exact) mass is 121 g/mol. The van der Waals surface area contributed by atoms with Crippen LogP contribution >= 0.6 is 0 Å². The molecule has 0 aromatic carbocycles. The van der Waals surface area contributed by atoms with Crippen molar-refractivity contribution in [2.45, 2.75) is 13.5 Å². The molecule has 46 valence electrons. The van der Waals surface area contributed by atoms with Crippen molar-refractivity contribution in [1.29, 1.82) is 5.26 Å². The zero-order valence-electron chi connectivity index (χ0n) is 5.20. The largest absolute Gasteiger partial charge is 0.336 e. The Morgan fingerprint density at radius 1 is 1.89 bits per heavy atom. The fourth-order valence-electron chi connectivity index (χ4n) is 0.591. The van der Waals surface area contributed by atoms with E-state index in [1.165, 1.54) is 0 Å². The second-order valence-corrected chi connectivity index (χ2v) is 1.70. The summed E-state index contributed by atoms with van der Waals surface area (Å²) in [7, 11) is 0. The Kier molecular flexibility index (Phi) is 1.50. The van der Waals surface area contributed by atoms with Crippen LogP contribution in [0.2, 0.25) is 0 Å². The molecule has 0 bridgehead atoms. The molecule has 0 radical (unpaired) electrons. The minimum Gasteiger partial charge on any atom is -0.336 e. The third-order valence-electron chi connectivity index (χ3n) is 1.11. The standard InChI is InChI=1S/C6H7N3/c1-2-9-4-6(3-7)8-5-9/h4-5H,2H2,1H3. The van der Waals surface area contributed by atoms with Crippen molar-refractivity contribution >= 4 is 0 Å². The highest BCUT2D eigenvalue weighted by molar-refractivity contribution is 5.15. The molecule has 0 unspecified atom stereocenters. The van der Waals surface area contributed by atoms with Gasteiger partial charge in [0.25, 0.3) is 0 Å². The van der Waals surface area contributed by atoms with Crippen LogP contribution in [0.5, 0.6) is 0 Å². The highest BCUT2D eigenvalue weighted by atomic mass is 15.0. The Balaban J connectivity index is 2.90. The lowest BCUT2D eigenvalue weighted by atomic mass is 10.5. The lowest BCUT2D eigenvalue weighted by Crippen LogP contribution is -1.86. The van der Waals surface area contributed by atoms with Crippen molar-refractivity contribution in [2.24, 2.45) is 0 Å². The van der Waals surface area contributed by atoms with Gasteiger partial charge in [-0.05, 0) is 6.92 Å². The number of nitriles is 1. The van der Waals surface area contributed by atoms with Crippen LogP contribution < -0.4 is 0 Å². The molecular weight excluding hydrogens is 114 g/mol. The molecule has 1 aromatic rings. The van der Waals surface area contributed by atoms with E-state index < -0.39 is 0 Å². The summed E-state index contributed by atoms with van der Waals surface area (Å²) in [6.45, 7) is 2.87. The normalized spacial score (nSPS) is 8.89. The van der Waals surface area contributed by atoms with Gasteiger partial charge in [0.15, 0.2) is 5.69 Å². The fourth-order valence-corrected chi connectivity index (χ4v) is 0.591. The highest BCUT2D eigenvalue weighted by Crippen LogP contribution is 1.91. The fraction of sp³-hybridized carbons (Fsp3) is 0.333. The van der Waals surface area contributed by atoms with Crippen LogP contribution in [0, 0.1) is 11.3 Å². The van der Waals surface area contributed by atoms with Gasteiger partial charge >= 0.3 is 0 Å². The third kappa shape index (κ3) is 1.08. The second-order valence-electron chi connectivity index (χ2n) is 1.70. The first kappa shape index (κ1) is 5.83. The third-order valence-corrected chi connectivity index (χ3v) is 1.11. The first-order chi connectivity index (χ1) is 4.36. The molecule has 0 fully saturated rings. The van der Waals surface area contributed by atoms with Gasteiger partial charge in [0.1, 0.15) is 6.07 Å². The molecule has 9 heavy (non-hydrogen) atoms. The summed E-state index contributed by atoms with van der Waals surface area (Å²) in [5, 5.41) is 8.32. The average molecular weight is 121 g/mol. The number of nitrogens with zero attached hydrogens (tertiary/aromatic N) is 3. The number of hydrogen-bond donors (Lipinski definition) is 0. The van der Waals surface area contributed by atoms with Gasteiger partial charge in [-0.3, -0.25) is 0 Å². The van der Waals surface area contributed by atoms with Crippen molar-refractivity contribution in [2.75, 3.05) is 0 Å². The molecule has 0 aliphatic heterocycles. The molecule has 1 rings (SSSR count). The minimum absolute atomic E-state index is 0.483. The lowest BCUT2D eigenvalue weighted by molar-refractivity contribution is 0.761. The lowest BCUT2D eigenvalue weighted by Gasteiger charge is -1.88. The smallest absolute Gasteiger partial charge is 0.158 e. The number of aromatic nitrogens is 2. The van der Waals surface area contributed by atoms with Gasteiger partial charge in [0.05, 0.1) is 6.33 Å². The van der Waals surface area contributed by atoms with E-state index in [9.17, 15) is 0 Å². The van der Waals surface area contributed by atoms with Gasteiger partial charge < -0.3 is 4.57 Å². The van der Waals surface area contributed by atoms with E-state index in [2.05, 4.69) is 4.98 Å². The summed E-state index contributed by atoms with van der Waals surface area (Å²) >= 11 is 0. The van der Waals surface area contributed by atoms with E-state index in [0.717, 1.165) is 6.54 Å². The molecule has 0 saturated carbocycles. The highest BCUT2D eigenvalue weighted by Gasteiger charge is 1.91.